The van der Waals surface area contributed by atoms with E-state index in [0.29, 0.717) is 6.54 Å². The van der Waals surface area contributed by atoms with Crippen LogP contribution in [0.5, 0.6) is 0 Å². The van der Waals surface area contributed by atoms with Crippen molar-refractivity contribution in [3.05, 3.63) is 57.3 Å². The Morgan fingerprint density at radius 3 is 2.55 bits per heavy atom. The van der Waals surface area contributed by atoms with Gasteiger partial charge in [-0.2, -0.15) is 0 Å². The number of nitrogens with zero attached hydrogens (tertiary/aromatic N) is 1. The van der Waals surface area contributed by atoms with Gasteiger partial charge in [0.1, 0.15) is 0 Å². The highest BCUT2D eigenvalue weighted by Gasteiger charge is 2.02. The van der Waals surface area contributed by atoms with Gasteiger partial charge in [0, 0.05) is 16.3 Å². The lowest BCUT2D eigenvalue weighted by molar-refractivity contribution is 0.280. The summed E-state index contributed by atoms with van der Waals surface area (Å²) in [5.41, 5.74) is 1.98. The average molecular weight is 317 g/mol. The van der Waals surface area contributed by atoms with Crippen LogP contribution in [0, 0.1) is 6.92 Å². The second-order valence-corrected chi connectivity index (χ2v) is 6.36. The molecule has 0 spiro atoms. The second kappa shape index (κ2) is 8.56. The Balaban J connectivity index is 2.00. The Bertz CT molecular complexity index is 622. The predicted molar refractivity (Wildman–Crippen MR) is 93.1 cm³/mol. The summed E-state index contributed by atoms with van der Waals surface area (Å²) in [6.45, 7) is 6.34. The lowest BCUT2D eigenvalue weighted by Crippen LogP contribution is -2.36. The Morgan fingerprint density at radius 2 is 1.91 bits per heavy atom. The van der Waals surface area contributed by atoms with Crippen molar-refractivity contribution in [1.82, 2.24) is 10.6 Å². The smallest absolute Gasteiger partial charge is 0.191 e. The first kappa shape index (κ1) is 16.5. The highest BCUT2D eigenvalue weighted by atomic mass is 32.1. The summed E-state index contributed by atoms with van der Waals surface area (Å²) < 4.78 is 0. The van der Waals surface area contributed by atoms with Gasteiger partial charge in [-0.3, -0.25) is 0 Å². The minimum atomic E-state index is 0.0458. The summed E-state index contributed by atoms with van der Waals surface area (Å²) in [5, 5.41) is 16.0. The monoisotopic (exact) mass is 317 g/mol. The predicted octanol–water partition coefficient (Wildman–Crippen LogP) is 2.80. The summed E-state index contributed by atoms with van der Waals surface area (Å²) in [6.07, 6.45) is 0. The third kappa shape index (κ3) is 4.86. The first-order valence-corrected chi connectivity index (χ1v) is 8.29. The molecule has 0 radical (unpaired) electrons. The molecule has 3 N–H and O–H groups in total. The van der Waals surface area contributed by atoms with Gasteiger partial charge in [0.25, 0.3) is 0 Å². The zero-order chi connectivity index (χ0) is 15.8. The molecule has 22 heavy (non-hydrogen) atoms. The molecule has 0 saturated carbocycles. The quantitative estimate of drug-likeness (QED) is 0.567. The van der Waals surface area contributed by atoms with Crippen LogP contribution in [0.15, 0.2) is 41.4 Å². The van der Waals surface area contributed by atoms with Crippen LogP contribution in [0.25, 0.3) is 0 Å². The van der Waals surface area contributed by atoms with E-state index in [4.69, 9.17) is 0 Å². The normalized spacial score (nSPS) is 11.5. The van der Waals surface area contributed by atoms with E-state index in [-0.39, 0.29) is 6.61 Å². The fourth-order valence-electron chi connectivity index (χ4n) is 2.12. The molecule has 2 rings (SSSR count). The van der Waals surface area contributed by atoms with E-state index < -0.39 is 0 Å². The van der Waals surface area contributed by atoms with Crippen LogP contribution in [0.4, 0.5) is 0 Å². The highest BCUT2D eigenvalue weighted by Crippen LogP contribution is 2.14. The molecule has 0 saturated heterocycles. The molecule has 0 aliphatic carbocycles. The fraction of sp³-hybridized carbons (Fsp3) is 0.353. The number of aliphatic hydroxyl groups is 1. The van der Waals surface area contributed by atoms with E-state index in [1.807, 2.05) is 31.2 Å². The first-order valence-electron chi connectivity index (χ1n) is 7.48. The van der Waals surface area contributed by atoms with Crippen molar-refractivity contribution in [2.24, 2.45) is 4.99 Å². The maximum atomic E-state index is 9.36. The van der Waals surface area contributed by atoms with Gasteiger partial charge in [-0.15, -0.1) is 11.3 Å². The highest BCUT2D eigenvalue weighted by molar-refractivity contribution is 7.11. The van der Waals surface area contributed by atoms with E-state index in [2.05, 4.69) is 34.7 Å². The lowest BCUT2D eigenvalue weighted by atomic mass is 10.1. The van der Waals surface area contributed by atoms with Gasteiger partial charge in [-0.1, -0.05) is 24.3 Å². The lowest BCUT2D eigenvalue weighted by Gasteiger charge is -2.11. The SMILES string of the molecule is CCNC(=NCc1ccccc1CO)NCc1ccc(C)s1. The Labute approximate surface area is 135 Å². The number of hydrogen-bond donors (Lipinski definition) is 3. The summed E-state index contributed by atoms with van der Waals surface area (Å²) in [4.78, 5) is 7.21. The largest absolute Gasteiger partial charge is 0.392 e. The molecule has 0 atom stereocenters. The molecular weight excluding hydrogens is 294 g/mol. The summed E-state index contributed by atoms with van der Waals surface area (Å²) in [5.74, 6) is 0.793. The fourth-order valence-corrected chi connectivity index (χ4v) is 2.95. The van der Waals surface area contributed by atoms with Gasteiger partial charge >= 0.3 is 0 Å². The Kier molecular flexibility index (Phi) is 6.43. The standard InChI is InChI=1S/C17H23N3OS/c1-3-18-17(20-11-16-9-8-13(2)22-16)19-10-14-6-4-5-7-15(14)12-21/h4-9,21H,3,10-12H2,1-2H3,(H2,18,19,20). The van der Waals surface area contributed by atoms with Crippen molar-refractivity contribution in [2.45, 2.75) is 33.5 Å². The first-order chi connectivity index (χ1) is 10.7. The zero-order valence-electron chi connectivity index (χ0n) is 13.1. The van der Waals surface area contributed by atoms with Crippen LogP contribution in [-0.4, -0.2) is 17.6 Å². The number of aliphatic hydroxyl groups excluding tert-OH is 1. The maximum Gasteiger partial charge on any atom is 0.191 e. The number of rotatable bonds is 6. The summed E-state index contributed by atoms with van der Waals surface area (Å²) >= 11 is 1.79. The van der Waals surface area contributed by atoms with E-state index in [1.165, 1.54) is 9.75 Å². The van der Waals surface area contributed by atoms with E-state index in [9.17, 15) is 5.11 Å². The number of hydrogen-bond acceptors (Lipinski definition) is 3. The molecule has 0 bridgehead atoms. The van der Waals surface area contributed by atoms with Crippen LogP contribution in [0.1, 0.15) is 27.8 Å². The van der Waals surface area contributed by atoms with Gasteiger partial charge in [0.2, 0.25) is 0 Å². The number of guanidine groups is 1. The second-order valence-electron chi connectivity index (χ2n) is 4.99. The molecule has 0 aliphatic rings. The number of nitrogens with one attached hydrogen (secondary N) is 2. The van der Waals surface area contributed by atoms with Crippen LogP contribution in [-0.2, 0) is 19.7 Å². The molecule has 1 aromatic carbocycles. The number of benzene rings is 1. The summed E-state index contributed by atoms with van der Waals surface area (Å²) in [6, 6.07) is 12.1. The van der Waals surface area contributed by atoms with Crippen molar-refractivity contribution >= 4 is 17.3 Å². The topological polar surface area (TPSA) is 56.7 Å². The van der Waals surface area contributed by atoms with Crippen molar-refractivity contribution in [3.8, 4) is 0 Å². The maximum absolute atomic E-state index is 9.36. The third-order valence-corrected chi connectivity index (χ3v) is 4.27. The van der Waals surface area contributed by atoms with Crippen molar-refractivity contribution in [3.63, 3.8) is 0 Å². The molecule has 0 fully saturated rings. The Hall–Kier alpha value is -1.85. The summed E-state index contributed by atoms with van der Waals surface area (Å²) in [7, 11) is 0. The van der Waals surface area contributed by atoms with Crippen LogP contribution in [0.2, 0.25) is 0 Å². The van der Waals surface area contributed by atoms with Gasteiger partial charge in [0.15, 0.2) is 5.96 Å². The minimum Gasteiger partial charge on any atom is -0.392 e. The van der Waals surface area contributed by atoms with Crippen molar-refractivity contribution in [1.29, 1.82) is 0 Å². The molecular formula is C17H23N3OS. The van der Waals surface area contributed by atoms with Crippen molar-refractivity contribution in [2.75, 3.05) is 6.54 Å². The average Bonchev–Trinajstić information content (AvgIpc) is 2.96. The Morgan fingerprint density at radius 1 is 1.14 bits per heavy atom. The molecule has 0 unspecified atom stereocenters. The van der Waals surface area contributed by atoms with Gasteiger partial charge < -0.3 is 15.7 Å². The molecule has 4 nitrogen and oxygen atoms in total. The minimum absolute atomic E-state index is 0.0458. The van der Waals surface area contributed by atoms with Crippen LogP contribution < -0.4 is 10.6 Å². The van der Waals surface area contributed by atoms with E-state index >= 15 is 0 Å². The van der Waals surface area contributed by atoms with E-state index in [0.717, 1.165) is 30.2 Å². The molecule has 0 amide bonds. The number of aliphatic imine (C=N–C) groups is 1. The molecule has 1 heterocycles. The molecule has 0 aliphatic heterocycles. The molecule has 5 heteroatoms. The molecule has 118 valence electrons. The van der Waals surface area contributed by atoms with Gasteiger partial charge in [-0.05, 0) is 37.1 Å². The van der Waals surface area contributed by atoms with E-state index in [1.54, 1.807) is 11.3 Å². The van der Waals surface area contributed by atoms with Crippen LogP contribution >= 0.6 is 11.3 Å². The number of aryl methyl sites for hydroxylation is 1. The van der Waals surface area contributed by atoms with Gasteiger partial charge in [0.05, 0.1) is 19.7 Å². The van der Waals surface area contributed by atoms with Gasteiger partial charge in [-0.25, -0.2) is 4.99 Å². The molecule has 1 aromatic heterocycles. The molecule has 2 aromatic rings. The number of thiophene rings is 1. The van der Waals surface area contributed by atoms with Crippen molar-refractivity contribution < 1.29 is 5.11 Å². The van der Waals surface area contributed by atoms with Crippen LogP contribution in [0.3, 0.4) is 0 Å². The zero-order valence-corrected chi connectivity index (χ0v) is 13.9. The third-order valence-electron chi connectivity index (χ3n) is 3.27.